The summed E-state index contributed by atoms with van der Waals surface area (Å²) in [5.74, 6) is -0.491. The van der Waals surface area contributed by atoms with Crippen molar-refractivity contribution in [3.05, 3.63) is 29.8 Å². The third-order valence-electron chi connectivity index (χ3n) is 3.02. The molecule has 5 nitrogen and oxygen atoms in total. The van der Waals surface area contributed by atoms with Crippen molar-refractivity contribution < 1.29 is 9.59 Å². The second-order valence-electron chi connectivity index (χ2n) is 4.53. The van der Waals surface area contributed by atoms with E-state index in [1.807, 2.05) is 24.3 Å². The van der Waals surface area contributed by atoms with Crippen LogP contribution in [-0.4, -0.2) is 23.9 Å². The van der Waals surface area contributed by atoms with Crippen LogP contribution in [0.2, 0.25) is 0 Å². The number of anilines is 1. The number of rotatable bonds is 2. The fraction of sp³-hybridized carbons (Fsp3) is 0.385. The quantitative estimate of drug-likeness (QED) is 0.707. The summed E-state index contributed by atoms with van der Waals surface area (Å²) in [4.78, 5) is 23.5. The van der Waals surface area contributed by atoms with Crippen LogP contribution in [0.15, 0.2) is 24.3 Å². The van der Waals surface area contributed by atoms with E-state index in [0.29, 0.717) is 6.42 Å². The first-order valence-electron chi connectivity index (χ1n) is 6.02. The summed E-state index contributed by atoms with van der Waals surface area (Å²) in [5, 5.41) is 5.49. The van der Waals surface area contributed by atoms with E-state index in [9.17, 15) is 9.59 Å². The first kappa shape index (κ1) is 12.6. The van der Waals surface area contributed by atoms with Gasteiger partial charge in [-0.15, -0.1) is 0 Å². The van der Waals surface area contributed by atoms with Crippen LogP contribution in [-0.2, 0) is 16.0 Å². The van der Waals surface area contributed by atoms with Gasteiger partial charge in [0.2, 0.25) is 11.8 Å². The summed E-state index contributed by atoms with van der Waals surface area (Å²) in [6.07, 6.45) is 1.33. The molecule has 1 aromatic carbocycles. The third-order valence-corrected chi connectivity index (χ3v) is 3.02. The lowest BCUT2D eigenvalue weighted by atomic mass is 10.1. The predicted octanol–water partition coefficient (Wildman–Crippen LogP) is 0.403. The second-order valence-corrected chi connectivity index (χ2v) is 4.53. The standard InChI is InChI=1S/C13H17N3O2/c1-8(14)12(17)16-11-7-6-9-4-2-3-5-10(9)15-13(11)18/h2-5,8,11H,6-7,14H2,1H3,(H,15,18)(H,16,17). The lowest BCUT2D eigenvalue weighted by Crippen LogP contribution is -2.48. The fourth-order valence-electron chi connectivity index (χ4n) is 1.95. The van der Waals surface area contributed by atoms with Crippen molar-refractivity contribution in [3.8, 4) is 0 Å². The zero-order valence-electron chi connectivity index (χ0n) is 10.3. The van der Waals surface area contributed by atoms with Crippen molar-refractivity contribution in [3.63, 3.8) is 0 Å². The smallest absolute Gasteiger partial charge is 0.246 e. The number of nitrogens with one attached hydrogen (secondary N) is 2. The van der Waals surface area contributed by atoms with Crippen LogP contribution in [0.4, 0.5) is 5.69 Å². The molecule has 0 radical (unpaired) electrons. The first-order chi connectivity index (χ1) is 8.58. The Labute approximate surface area is 106 Å². The maximum atomic E-state index is 12.0. The summed E-state index contributed by atoms with van der Waals surface area (Å²) in [5.41, 5.74) is 7.38. The van der Waals surface area contributed by atoms with Crippen molar-refractivity contribution in [1.29, 1.82) is 0 Å². The molecule has 96 valence electrons. The number of hydrogen-bond acceptors (Lipinski definition) is 3. The Balaban J connectivity index is 2.10. The van der Waals surface area contributed by atoms with Crippen LogP contribution < -0.4 is 16.4 Å². The molecule has 4 N–H and O–H groups in total. The molecule has 0 fully saturated rings. The van der Waals surface area contributed by atoms with Gasteiger partial charge in [0.15, 0.2) is 0 Å². The Morgan fingerprint density at radius 3 is 2.94 bits per heavy atom. The van der Waals surface area contributed by atoms with Gasteiger partial charge in [-0.05, 0) is 31.4 Å². The van der Waals surface area contributed by atoms with Gasteiger partial charge in [-0.1, -0.05) is 18.2 Å². The van der Waals surface area contributed by atoms with Crippen molar-refractivity contribution in [2.24, 2.45) is 5.73 Å². The number of carbonyl (C=O) groups is 2. The van der Waals surface area contributed by atoms with Crippen molar-refractivity contribution in [2.45, 2.75) is 31.8 Å². The normalized spacial score (nSPS) is 20.3. The van der Waals surface area contributed by atoms with E-state index in [1.54, 1.807) is 6.92 Å². The van der Waals surface area contributed by atoms with Crippen LogP contribution in [0.1, 0.15) is 18.9 Å². The highest BCUT2D eigenvalue weighted by atomic mass is 16.2. The number of benzene rings is 1. The minimum atomic E-state index is -0.608. The number of hydrogen-bond donors (Lipinski definition) is 3. The molecule has 2 rings (SSSR count). The van der Waals surface area contributed by atoms with Crippen LogP contribution in [0.5, 0.6) is 0 Å². The molecule has 0 saturated heterocycles. The maximum Gasteiger partial charge on any atom is 0.246 e. The highest BCUT2D eigenvalue weighted by Crippen LogP contribution is 2.21. The van der Waals surface area contributed by atoms with Crippen molar-refractivity contribution in [2.75, 3.05) is 5.32 Å². The minimum Gasteiger partial charge on any atom is -0.343 e. The second kappa shape index (κ2) is 5.18. The zero-order chi connectivity index (χ0) is 13.1. The molecule has 0 aliphatic carbocycles. The van der Waals surface area contributed by atoms with Crippen LogP contribution >= 0.6 is 0 Å². The Morgan fingerprint density at radius 1 is 1.50 bits per heavy atom. The molecule has 2 amide bonds. The summed E-state index contributed by atoms with van der Waals surface area (Å²) < 4.78 is 0. The predicted molar refractivity (Wildman–Crippen MR) is 69.0 cm³/mol. The minimum absolute atomic E-state index is 0.186. The summed E-state index contributed by atoms with van der Waals surface area (Å²) in [6, 6.07) is 6.53. The Kier molecular flexibility index (Phi) is 3.62. The number of nitrogens with two attached hydrogens (primary N) is 1. The third kappa shape index (κ3) is 2.68. The molecule has 0 saturated carbocycles. The number of carbonyl (C=O) groups excluding carboxylic acids is 2. The molecule has 1 aliphatic heterocycles. The summed E-state index contributed by atoms with van der Waals surface area (Å²) in [7, 11) is 0. The van der Waals surface area contributed by atoms with Gasteiger partial charge < -0.3 is 16.4 Å². The molecule has 2 unspecified atom stereocenters. The Bertz CT molecular complexity index is 471. The topological polar surface area (TPSA) is 84.2 Å². The Hall–Kier alpha value is -1.88. The van der Waals surface area contributed by atoms with Crippen molar-refractivity contribution >= 4 is 17.5 Å². The lowest BCUT2D eigenvalue weighted by molar-refractivity contribution is -0.127. The van der Waals surface area contributed by atoms with E-state index in [0.717, 1.165) is 17.7 Å². The monoisotopic (exact) mass is 247 g/mol. The molecule has 1 heterocycles. The maximum absolute atomic E-state index is 12.0. The number of amides is 2. The molecule has 0 aromatic heterocycles. The van der Waals surface area contributed by atoms with E-state index < -0.39 is 12.1 Å². The van der Waals surface area contributed by atoms with E-state index >= 15 is 0 Å². The van der Waals surface area contributed by atoms with E-state index in [1.165, 1.54) is 0 Å². The molecular formula is C13H17N3O2. The molecule has 1 aromatic rings. The largest absolute Gasteiger partial charge is 0.343 e. The van der Waals surface area contributed by atoms with Gasteiger partial charge in [0, 0.05) is 5.69 Å². The van der Waals surface area contributed by atoms with E-state index in [2.05, 4.69) is 10.6 Å². The Morgan fingerprint density at radius 2 is 2.22 bits per heavy atom. The van der Waals surface area contributed by atoms with Gasteiger partial charge in [0.25, 0.3) is 0 Å². The zero-order valence-corrected chi connectivity index (χ0v) is 10.3. The van der Waals surface area contributed by atoms with E-state index in [-0.39, 0.29) is 11.8 Å². The molecule has 5 heteroatoms. The van der Waals surface area contributed by atoms with Gasteiger partial charge in [-0.2, -0.15) is 0 Å². The van der Waals surface area contributed by atoms with Gasteiger partial charge in [0.05, 0.1) is 6.04 Å². The van der Waals surface area contributed by atoms with Gasteiger partial charge >= 0.3 is 0 Å². The van der Waals surface area contributed by atoms with Crippen molar-refractivity contribution in [1.82, 2.24) is 5.32 Å². The first-order valence-corrected chi connectivity index (χ1v) is 6.02. The molecule has 1 aliphatic rings. The number of aryl methyl sites for hydroxylation is 1. The van der Waals surface area contributed by atoms with E-state index in [4.69, 9.17) is 5.73 Å². The molecule has 2 atom stereocenters. The van der Waals surface area contributed by atoms with Gasteiger partial charge in [-0.25, -0.2) is 0 Å². The fourth-order valence-corrected chi connectivity index (χ4v) is 1.95. The highest BCUT2D eigenvalue weighted by molar-refractivity contribution is 5.98. The SMILES string of the molecule is CC(N)C(=O)NC1CCc2ccccc2NC1=O. The highest BCUT2D eigenvalue weighted by Gasteiger charge is 2.25. The molecule has 0 bridgehead atoms. The average Bonchev–Trinajstić information content (AvgIpc) is 2.49. The van der Waals surface area contributed by atoms with Crippen LogP contribution in [0, 0.1) is 0 Å². The average molecular weight is 247 g/mol. The molecular weight excluding hydrogens is 230 g/mol. The number of para-hydroxylation sites is 1. The molecule has 18 heavy (non-hydrogen) atoms. The van der Waals surface area contributed by atoms with Crippen LogP contribution in [0.25, 0.3) is 0 Å². The molecule has 0 spiro atoms. The number of fused-ring (bicyclic) bond motifs is 1. The van der Waals surface area contributed by atoms with Crippen LogP contribution in [0.3, 0.4) is 0 Å². The summed E-state index contributed by atoms with van der Waals surface area (Å²) >= 11 is 0. The lowest BCUT2D eigenvalue weighted by Gasteiger charge is -2.16. The summed E-state index contributed by atoms with van der Waals surface area (Å²) in [6.45, 7) is 1.60. The van der Waals surface area contributed by atoms with Gasteiger partial charge in [0.1, 0.15) is 6.04 Å². The van der Waals surface area contributed by atoms with Gasteiger partial charge in [-0.3, -0.25) is 9.59 Å².